The SMILES string of the molecule is O=C(Cc1ccccc1)OC(O)COCCOC(=O)C(O)c1ccccc1. The third-order valence-corrected chi connectivity index (χ3v) is 3.53. The van der Waals surface area contributed by atoms with Gasteiger partial charge in [-0.1, -0.05) is 60.7 Å². The van der Waals surface area contributed by atoms with Gasteiger partial charge in [-0.2, -0.15) is 0 Å². The molecule has 0 fully saturated rings. The molecule has 144 valence electrons. The maximum Gasteiger partial charge on any atom is 0.339 e. The molecule has 0 amide bonds. The van der Waals surface area contributed by atoms with E-state index in [0.29, 0.717) is 5.56 Å². The van der Waals surface area contributed by atoms with Crippen LogP contribution in [0, 0.1) is 0 Å². The highest BCUT2D eigenvalue weighted by molar-refractivity contribution is 5.76. The van der Waals surface area contributed by atoms with Gasteiger partial charge in [-0.15, -0.1) is 0 Å². The molecule has 0 aliphatic carbocycles. The average molecular weight is 374 g/mol. The summed E-state index contributed by atoms with van der Waals surface area (Å²) >= 11 is 0. The predicted molar refractivity (Wildman–Crippen MR) is 95.4 cm³/mol. The van der Waals surface area contributed by atoms with Crippen molar-refractivity contribution in [3.8, 4) is 0 Å². The topological polar surface area (TPSA) is 102 Å². The van der Waals surface area contributed by atoms with Gasteiger partial charge in [0.25, 0.3) is 0 Å². The number of ether oxygens (including phenoxy) is 3. The van der Waals surface area contributed by atoms with Crippen LogP contribution in [0.3, 0.4) is 0 Å². The van der Waals surface area contributed by atoms with Crippen molar-refractivity contribution in [1.82, 2.24) is 0 Å². The van der Waals surface area contributed by atoms with E-state index in [1.165, 1.54) is 0 Å². The van der Waals surface area contributed by atoms with Crippen molar-refractivity contribution in [1.29, 1.82) is 0 Å². The van der Waals surface area contributed by atoms with Crippen LogP contribution in [-0.2, 0) is 30.2 Å². The standard InChI is InChI=1S/C20H22O7/c21-17(13-15-7-3-1-4-8-15)27-18(22)14-25-11-12-26-20(24)19(23)16-9-5-2-6-10-16/h1-10,18-19,22-23H,11-14H2. The summed E-state index contributed by atoms with van der Waals surface area (Å²) in [5.41, 5.74) is 1.21. The van der Waals surface area contributed by atoms with E-state index in [2.05, 4.69) is 0 Å². The zero-order valence-electron chi connectivity index (χ0n) is 14.7. The number of carbonyl (C=O) groups excluding carboxylic acids is 2. The number of esters is 2. The van der Waals surface area contributed by atoms with Crippen LogP contribution in [0.5, 0.6) is 0 Å². The van der Waals surface area contributed by atoms with Crippen molar-refractivity contribution < 1.29 is 34.0 Å². The molecule has 0 heterocycles. The maximum absolute atomic E-state index is 11.7. The van der Waals surface area contributed by atoms with Gasteiger partial charge in [0.2, 0.25) is 6.29 Å². The molecule has 0 radical (unpaired) electrons. The Balaban J connectivity index is 1.58. The van der Waals surface area contributed by atoms with E-state index in [0.717, 1.165) is 5.56 Å². The highest BCUT2D eigenvalue weighted by Crippen LogP contribution is 2.13. The number of hydrogen-bond donors (Lipinski definition) is 2. The van der Waals surface area contributed by atoms with E-state index >= 15 is 0 Å². The molecule has 2 aromatic carbocycles. The van der Waals surface area contributed by atoms with Crippen molar-refractivity contribution in [2.45, 2.75) is 18.8 Å². The van der Waals surface area contributed by atoms with Crippen molar-refractivity contribution in [3.63, 3.8) is 0 Å². The third kappa shape index (κ3) is 7.57. The third-order valence-electron chi connectivity index (χ3n) is 3.53. The summed E-state index contributed by atoms with van der Waals surface area (Å²) < 4.78 is 14.8. The molecule has 0 saturated heterocycles. The fourth-order valence-corrected chi connectivity index (χ4v) is 2.23. The van der Waals surface area contributed by atoms with Gasteiger partial charge in [0.1, 0.15) is 13.2 Å². The molecular formula is C20H22O7. The summed E-state index contributed by atoms with van der Waals surface area (Å²) in [7, 11) is 0. The number of aliphatic hydroxyl groups excluding tert-OH is 2. The number of aliphatic hydroxyl groups is 2. The molecular weight excluding hydrogens is 352 g/mol. The minimum Gasteiger partial charge on any atom is -0.461 e. The molecule has 0 aliphatic heterocycles. The van der Waals surface area contributed by atoms with Crippen molar-refractivity contribution in [3.05, 3.63) is 71.8 Å². The van der Waals surface area contributed by atoms with Crippen LogP contribution in [0.1, 0.15) is 17.2 Å². The van der Waals surface area contributed by atoms with Gasteiger partial charge in [-0.05, 0) is 11.1 Å². The molecule has 0 bridgehead atoms. The molecule has 2 rings (SSSR count). The second-order valence-corrected chi connectivity index (χ2v) is 5.66. The van der Waals surface area contributed by atoms with Gasteiger partial charge in [0.05, 0.1) is 13.0 Å². The second kappa shape index (κ2) is 11.1. The molecule has 7 heteroatoms. The fourth-order valence-electron chi connectivity index (χ4n) is 2.23. The van der Waals surface area contributed by atoms with Crippen LogP contribution in [0.15, 0.2) is 60.7 Å². The van der Waals surface area contributed by atoms with E-state index in [1.54, 1.807) is 54.6 Å². The Hall–Kier alpha value is -2.74. The van der Waals surface area contributed by atoms with Gasteiger partial charge < -0.3 is 24.4 Å². The second-order valence-electron chi connectivity index (χ2n) is 5.66. The Bertz CT molecular complexity index is 703. The smallest absolute Gasteiger partial charge is 0.339 e. The van der Waals surface area contributed by atoms with E-state index in [-0.39, 0.29) is 26.2 Å². The minimum atomic E-state index is -1.41. The Morgan fingerprint density at radius 2 is 1.52 bits per heavy atom. The van der Waals surface area contributed by atoms with E-state index in [9.17, 15) is 19.8 Å². The summed E-state index contributed by atoms with van der Waals surface area (Å²) in [6, 6.07) is 17.4. The van der Waals surface area contributed by atoms with E-state index in [1.807, 2.05) is 6.07 Å². The molecule has 2 aromatic rings. The van der Waals surface area contributed by atoms with Crippen LogP contribution in [-0.4, -0.2) is 48.3 Å². The first kappa shape index (κ1) is 20.6. The summed E-state index contributed by atoms with van der Waals surface area (Å²) in [6.45, 7) is -0.368. The van der Waals surface area contributed by atoms with Gasteiger partial charge >= 0.3 is 11.9 Å². The number of carbonyl (C=O) groups is 2. The molecule has 2 N–H and O–H groups in total. The van der Waals surface area contributed by atoms with Gasteiger partial charge in [-0.3, -0.25) is 4.79 Å². The summed E-state index contributed by atoms with van der Waals surface area (Å²) in [5.74, 6) is -1.37. The highest BCUT2D eigenvalue weighted by Gasteiger charge is 2.18. The van der Waals surface area contributed by atoms with Gasteiger partial charge in [0, 0.05) is 0 Å². The van der Waals surface area contributed by atoms with E-state index in [4.69, 9.17) is 14.2 Å². The Morgan fingerprint density at radius 3 is 2.19 bits per heavy atom. The van der Waals surface area contributed by atoms with Crippen molar-refractivity contribution in [2.75, 3.05) is 19.8 Å². The molecule has 0 aromatic heterocycles. The summed E-state index contributed by atoms with van der Waals surface area (Å²) in [5, 5.41) is 19.5. The molecule has 0 saturated carbocycles. The minimum absolute atomic E-state index is 0.0133. The van der Waals surface area contributed by atoms with Crippen molar-refractivity contribution in [2.24, 2.45) is 0 Å². The lowest BCUT2D eigenvalue weighted by Crippen LogP contribution is -2.25. The first-order valence-electron chi connectivity index (χ1n) is 8.45. The van der Waals surface area contributed by atoms with Crippen LogP contribution < -0.4 is 0 Å². The summed E-state index contributed by atoms with van der Waals surface area (Å²) in [6.07, 6.45) is -2.73. The fraction of sp³-hybridized carbons (Fsp3) is 0.300. The van der Waals surface area contributed by atoms with Gasteiger partial charge in [-0.25, -0.2) is 4.79 Å². The van der Waals surface area contributed by atoms with E-state index < -0.39 is 24.3 Å². The number of benzene rings is 2. The lowest BCUT2D eigenvalue weighted by molar-refractivity contribution is -0.177. The molecule has 0 aliphatic rings. The Labute approximate surface area is 157 Å². The van der Waals surface area contributed by atoms with Crippen LogP contribution in [0.2, 0.25) is 0 Å². The quantitative estimate of drug-likeness (QED) is 0.368. The lowest BCUT2D eigenvalue weighted by atomic mass is 10.1. The molecule has 2 atom stereocenters. The monoisotopic (exact) mass is 374 g/mol. The highest BCUT2D eigenvalue weighted by atomic mass is 16.7. The van der Waals surface area contributed by atoms with Gasteiger partial charge in [0.15, 0.2) is 6.10 Å². The largest absolute Gasteiger partial charge is 0.461 e. The van der Waals surface area contributed by atoms with Crippen LogP contribution in [0.25, 0.3) is 0 Å². The molecule has 2 unspecified atom stereocenters. The zero-order valence-corrected chi connectivity index (χ0v) is 14.7. The Morgan fingerprint density at radius 1 is 0.889 bits per heavy atom. The average Bonchev–Trinajstić information content (AvgIpc) is 2.68. The van der Waals surface area contributed by atoms with Crippen molar-refractivity contribution >= 4 is 11.9 Å². The molecule has 7 nitrogen and oxygen atoms in total. The maximum atomic E-state index is 11.7. The molecule has 0 spiro atoms. The number of rotatable bonds is 10. The first-order valence-corrected chi connectivity index (χ1v) is 8.45. The lowest BCUT2D eigenvalue weighted by Gasteiger charge is -2.13. The molecule has 27 heavy (non-hydrogen) atoms. The normalized spacial score (nSPS) is 12.8. The summed E-state index contributed by atoms with van der Waals surface area (Å²) in [4.78, 5) is 23.4. The first-order chi connectivity index (χ1) is 13.1. The Kier molecular flexibility index (Phi) is 8.44. The predicted octanol–water partition coefficient (Wildman–Crippen LogP) is 1.38. The van der Waals surface area contributed by atoms with Crippen LogP contribution >= 0.6 is 0 Å². The number of hydrogen-bond acceptors (Lipinski definition) is 7. The van der Waals surface area contributed by atoms with Crippen LogP contribution in [0.4, 0.5) is 0 Å². The zero-order chi connectivity index (χ0) is 19.5.